The molecule has 0 saturated carbocycles. The Bertz CT molecular complexity index is 546. The quantitative estimate of drug-likeness (QED) is 0.163. The molecule has 1 aliphatic heterocycles. The first-order chi connectivity index (χ1) is 12.7. The van der Waals surface area contributed by atoms with E-state index in [9.17, 15) is 43.5 Å². The molecule has 15 heteroatoms. The van der Waals surface area contributed by atoms with Crippen molar-refractivity contribution in [3.63, 3.8) is 0 Å². The van der Waals surface area contributed by atoms with Gasteiger partial charge in [0.25, 0.3) is 0 Å². The smallest absolute Gasteiger partial charge is 0.475 e. The van der Waals surface area contributed by atoms with Crippen LogP contribution in [0.15, 0.2) is 0 Å². The van der Waals surface area contributed by atoms with Crippen molar-refractivity contribution < 1.29 is 53.4 Å². The van der Waals surface area contributed by atoms with Gasteiger partial charge in [0.1, 0.15) is 18.3 Å². The highest BCUT2D eigenvalue weighted by Crippen LogP contribution is 2.24. The molecule has 12 nitrogen and oxygen atoms in total. The molecule has 0 aromatic heterocycles. The minimum Gasteiger partial charge on any atom is -0.475 e. The molecule has 0 radical (unpaired) electrons. The molecule has 1 unspecified atom stereocenters. The first-order valence-electron chi connectivity index (χ1n) is 7.62. The van der Waals surface area contributed by atoms with Gasteiger partial charge in [0.05, 0.1) is 31.8 Å². The summed E-state index contributed by atoms with van der Waals surface area (Å²) < 4.78 is 31.7. The zero-order valence-electron chi connectivity index (χ0n) is 14.6. The Kier molecular flexibility index (Phi) is 9.56. The number of aliphatic hydroxyl groups excluding tert-OH is 5. The molecule has 1 fully saturated rings. The summed E-state index contributed by atoms with van der Waals surface area (Å²) in [7, 11) is 1.40. The van der Waals surface area contributed by atoms with Gasteiger partial charge >= 0.3 is 12.1 Å². The van der Waals surface area contributed by atoms with Crippen molar-refractivity contribution in [2.24, 2.45) is 5.73 Å². The van der Waals surface area contributed by atoms with E-state index < -0.39 is 61.7 Å². The molecule has 0 bridgehead atoms. The largest absolute Gasteiger partial charge is 0.490 e. The monoisotopic (exact) mass is 420 g/mol. The highest BCUT2D eigenvalue weighted by molar-refractivity contribution is 5.84. The van der Waals surface area contributed by atoms with Crippen LogP contribution in [0.3, 0.4) is 0 Å². The average molecular weight is 420 g/mol. The Morgan fingerprint density at radius 1 is 1.07 bits per heavy atom. The van der Waals surface area contributed by atoms with Crippen LogP contribution in [0.2, 0.25) is 0 Å². The number of nitrogens with zero attached hydrogens (tertiary/aromatic N) is 2. The number of halogens is 3. The Morgan fingerprint density at radius 2 is 1.43 bits per heavy atom. The number of guanidine groups is 1. The van der Waals surface area contributed by atoms with Crippen LogP contribution in [-0.2, 0) is 9.59 Å². The minimum atomic E-state index is -5.08. The highest BCUT2D eigenvalue weighted by Gasteiger charge is 2.49. The number of hydrogen-bond donors (Lipinski definition) is 8. The predicted molar refractivity (Wildman–Crippen MR) is 84.8 cm³/mol. The Morgan fingerprint density at radius 3 is 1.68 bits per heavy atom. The summed E-state index contributed by atoms with van der Waals surface area (Å²) in [5.74, 6) is -3.77. The number of aliphatic hydroxyl groups is 5. The number of carbonyl (C=O) groups excluding carboxylic acids is 1. The van der Waals surface area contributed by atoms with Gasteiger partial charge in [-0.3, -0.25) is 10.2 Å². The number of piperidine rings is 1. The van der Waals surface area contributed by atoms with Crippen molar-refractivity contribution in [3.05, 3.63) is 0 Å². The van der Waals surface area contributed by atoms with Gasteiger partial charge in [0.2, 0.25) is 5.91 Å². The number of nitrogens with one attached hydrogen (secondary N) is 1. The standard InChI is InChI=1S/C11H22N4O6.C2HF3O2/c1-14(11(12)13)2-7(18)15-5(3-16)8(19)10(21)9(20)6(15)4-17;3-2(4,5)1(6)7/h5-6,8-10,16-17,19-21H,2-4H2,1H3,(H3,12,13);(H,6,7)/t5-,6-,8-,9+,10?;/m1./s1. The van der Waals surface area contributed by atoms with E-state index in [0.717, 1.165) is 9.80 Å². The molecule has 0 aliphatic carbocycles. The molecule has 0 aromatic rings. The van der Waals surface area contributed by atoms with Gasteiger partial charge in [0, 0.05) is 7.05 Å². The number of likely N-dealkylation sites (tertiary alicyclic amines) is 1. The van der Waals surface area contributed by atoms with Crippen LogP contribution in [0.25, 0.3) is 0 Å². The molecular formula is C13H23F3N4O8. The Balaban J connectivity index is 0.000000887. The summed E-state index contributed by atoms with van der Waals surface area (Å²) in [5.41, 5.74) is 5.23. The van der Waals surface area contributed by atoms with E-state index in [1.54, 1.807) is 0 Å². The molecule has 1 heterocycles. The van der Waals surface area contributed by atoms with Crippen LogP contribution in [0.4, 0.5) is 13.2 Å². The maximum Gasteiger partial charge on any atom is 0.490 e. The molecule has 1 saturated heterocycles. The Labute approximate surface area is 156 Å². The van der Waals surface area contributed by atoms with Crippen molar-refractivity contribution in [1.82, 2.24) is 9.80 Å². The van der Waals surface area contributed by atoms with Gasteiger partial charge in [-0.15, -0.1) is 0 Å². The molecule has 164 valence electrons. The molecule has 9 N–H and O–H groups in total. The van der Waals surface area contributed by atoms with Crippen LogP contribution in [0.5, 0.6) is 0 Å². The summed E-state index contributed by atoms with van der Waals surface area (Å²) in [6, 6.07) is -2.35. The van der Waals surface area contributed by atoms with Crippen LogP contribution >= 0.6 is 0 Å². The fourth-order valence-corrected chi connectivity index (χ4v) is 2.36. The van der Waals surface area contributed by atoms with Crippen molar-refractivity contribution in [1.29, 1.82) is 5.41 Å². The third kappa shape index (κ3) is 6.45. The van der Waals surface area contributed by atoms with E-state index in [1.165, 1.54) is 7.05 Å². The number of aliphatic carboxylic acids is 1. The normalized spacial score (nSPS) is 27.5. The molecule has 1 rings (SSSR count). The van der Waals surface area contributed by atoms with Crippen LogP contribution in [0, 0.1) is 5.41 Å². The number of carbonyl (C=O) groups is 2. The molecule has 1 aliphatic rings. The number of likely N-dealkylation sites (N-methyl/N-ethyl adjacent to an activating group) is 1. The topological polar surface area (TPSA) is 212 Å². The third-order valence-electron chi connectivity index (χ3n) is 3.89. The third-order valence-corrected chi connectivity index (χ3v) is 3.89. The van der Waals surface area contributed by atoms with Gasteiger partial charge in [-0.05, 0) is 0 Å². The van der Waals surface area contributed by atoms with Crippen molar-refractivity contribution in [2.75, 3.05) is 26.8 Å². The number of nitrogens with two attached hydrogens (primary N) is 1. The molecule has 0 spiro atoms. The van der Waals surface area contributed by atoms with Crippen LogP contribution < -0.4 is 5.73 Å². The molecule has 1 amide bonds. The SMILES string of the molecule is CN(CC(=O)N1[C@H](CO)[C@H](O)C(O)[C@H](O)[C@H]1CO)C(=N)N.O=C(O)C(F)(F)F. The summed E-state index contributed by atoms with van der Waals surface area (Å²) in [6.07, 6.45) is -9.78. The first kappa shape index (κ1) is 25.8. The fourth-order valence-electron chi connectivity index (χ4n) is 2.36. The minimum absolute atomic E-state index is 0.335. The van der Waals surface area contributed by atoms with Crippen LogP contribution in [-0.4, -0.2) is 122 Å². The lowest BCUT2D eigenvalue weighted by Crippen LogP contribution is -2.70. The van der Waals surface area contributed by atoms with Gasteiger partial charge in [-0.1, -0.05) is 0 Å². The first-order valence-corrected chi connectivity index (χ1v) is 7.62. The number of carboxylic acids is 1. The second kappa shape index (κ2) is 10.4. The molecule has 28 heavy (non-hydrogen) atoms. The highest BCUT2D eigenvalue weighted by atomic mass is 19.4. The number of carboxylic acid groups (broad SMARTS) is 1. The molecule has 0 aromatic carbocycles. The second-order valence-electron chi connectivity index (χ2n) is 5.82. The summed E-state index contributed by atoms with van der Waals surface area (Å²) in [5, 5.41) is 62.4. The average Bonchev–Trinajstić information content (AvgIpc) is 2.58. The predicted octanol–water partition coefficient (Wildman–Crippen LogP) is -3.91. The van der Waals surface area contributed by atoms with E-state index in [1.807, 2.05) is 0 Å². The maximum atomic E-state index is 12.3. The number of alkyl halides is 3. The van der Waals surface area contributed by atoms with Gasteiger partial charge in [0.15, 0.2) is 5.96 Å². The van der Waals surface area contributed by atoms with E-state index in [4.69, 9.17) is 21.0 Å². The van der Waals surface area contributed by atoms with E-state index in [-0.39, 0.29) is 12.5 Å². The maximum absolute atomic E-state index is 12.3. The summed E-state index contributed by atoms with van der Waals surface area (Å²) in [6.45, 7) is -1.65. The number of rotatable bonds is 4. The van der Waals surface area contributed by atoms with Crippen LogP contribution in [0.1, 0.15) is 0 Å². The zero-order chi connectivity index (χ0) is 22.4. The van der Waals surface area contributed by atoms with Crippen molar-refractivity contribution in [3.8, 4) is 0 Å². The number of hydrogen-bond acceptors (Lipinski definition) is 8. The number of amides is 1. The van der Waals surface area contributed by atoms with E-state index in [0.29, 0.717) is 0 Å². The molecular weight excluding hydrogens is 397 g/mol. The van der Waals surface area contributed by atoms with Gasteiger partial charge in [-0.2, -0.15) is 13.2 Å². The van der Waals surface area contributed by atoms with E-state index >= 15 is 0 Å². The van der Waals surface area contributed by atoms with Gasteiger partial charge < -0.3 is 46.2 Å². The lowest BCUT2D eigenvalue weighted by molar-refractivity contribution is -0.192. The molecule has 5 atom stereocenters. The Hall–Kier alpha value is -2.20. The summed E-state index contributed by atoms with van der Waals surface area (Å²) in [4.78, 5) is 23.2. The zero-order valence-corrected chi connectivity index (χ0v) is 14.6. The van der Waals surface area contributed by atoms with Gasteiger partial charge in [-0.25, -0.2) is 4.79 Å². The second-order valence-corrected chi connectivity index (χ2v) is 5.82. The van der Waals surface area contributed by atoms with Crippen molar-refractivity contribution >= 4 is 17.8 Å². The lowest BCUT2D eigenvalue weighted by Gasteiger charge is -2.48. The fraction of sp³-hybridized carbons (Fsp3) is 0.769. The van der Waals surface area contributed by atoms with E-state index in [2.05, 4.69) is 0 Å². The summed E-state index contributed by atoms with van der Waals surface area (Å²) >= 11 is 0. The lowest BCUT2D eigenvalue weighted by atomic mass is 9.88. The van der Waals surface area contributed by atoms with Crippen molar-refractivity contribution in [2.45, 2.75) is 36.6 Å².